The molecular formula is C20H27N3O3. The second-order valence-corrected chi connectivity index (χ2v) is 7.08. The van der Waals surface area contributed by atoms with Crippen LogP contribution in [-0.4, -0.2) is 42.0 Å². The number of rotatable bonds is 5. The van der Waals surface area contributed by atoms with Crippen LogP contribution in [0, 0.1) is 20.8 Å². The zero-order chi connectivity index (χ0) is 18.8. The van der Waals surface area contributed by atoms with E-state index in [0.29, 0.717) is 5.89 Å². The molecule has 1 fully saturated rings. The van der Waals surface area contributed by atoms with E-state index in [-0.39, 0.29) is 11.9 Å². The molecule has 6 nitrogen and oxygen atoms in total. The van der Waals surface area contributed by atoms with Crippen LogP contribution in [0.25, 0.3) is 11.5 Å². The summed E-state index contributed by atoms with van der Waals surface area (Å²) in [6.07, 6.45) is 0.972. The lowest BCUT2D eigenvalue weighted by atomic mass is 10.0. The van der Waals surface area contributed by atoms with Crippen molar-refractivity contribution in [2.75, 3.05) is 20.2 Å². The Balaban J connectivity index is 1.76. The molecule has 1 aliphatic heterocycles. The van der Waals surface area contributed by atoms with E-state index in [2.05, 4.69) is 16.3 Å². The van der Waals surface area contributed by atoms with Crippen LogP contribution in [0.5, 0.6) is 5.75 Å². The molecule has 0 unspecified atom stereocenters. The molecule has 1 atom stereocenters. The lowest BCUT2D eigenvalue weighted by molar-refractivity contribution is -0.119. The fourth-order valence-corrected chi connectivity index (χ4v) is 3.52. The monoisotopic (exact) mass is 357 g/mol. The predicted molar refractivity (Wildman–Crippen MR) is 100 cm³/mol. The Morgan fingerprint density at radius 1 is 1.35 bits per heavy atom. The number of amides is 1. The molecule has 1 amide bonds. The van der Waals surface area contributed by atoms with E-state index in [1.165, 1.54) is 0 Å². The second kappa shape index (κ2) is 7.50. The van der Waals surface area contributed by atoms with Gasteiger partial charge in [-0.2, -0.15) is 0 Å². The van der Waals surface area contributed by atoms with E-state index in [0.717, 1.165) is 59.9 Å². The van der Waals surface area contributed by atoms with Crippen LogP contribution in [0.1, 0.15) is 35.9 Å². The molecule has 0 saturated carbocycles. The van der Waals surface area contributed by atoms with E-state index < -0.39 is 0 Å². The number of methoxy groups -OCH3 is 1. The predicted octanol–water partition coefficient (Wildman–Crippen LogP) is 2.99. The Kier molecular flexibility index (Phi) is 5.32. The molecule has 1 aromatic carbocycles. The Labute approximate surface area is 154 Å². The lowest BCUT2D eigenvalue weighted by Crippen LogP contribution is -2.35. The van der Waals surface area contributed by atoms with Gasteiger partial charge < -0.3 is 14.5 Å². The molecule has 0 bridgehead atoms. The molecule has 0 spiro atoms. The van der Waals surface area contributed by atoms with Crippen LogP contribution in [-0.2, 0) is 11.3 Å². The number of aryl methyl sites for hydroxylation is 3. The highest BCUT2D eigenvalue weighted by Crippen LogP contribution is 2.31. The van der Waals surface area contributed by atoms with E-state index >= 15 is 0 Å². The van der Waals surface area contributed by atoms with Crippen molar-refractivity contribution in [2.24, 2.45) is 0 Å². The SMILES string of the molecule is COc1cc(C)c(-c2nc(CN3CC[C@H](NC(C)=O)C3)c(C)o2)cc1C. The number of carbonyl (C=O) groups excluding carboxylic acids is 1. The van der Waals surface area contributed by atoms with Crippen LogP contribution < -0.4 is 10.1 Å². The first-order valence-electron chi connectivity index (χ1n) is 8.98. The summed E-state index contributed by atoms with van der Waals surface area (Å²) in [5.74, 6) is 2.40. The van der Waals surface area contributed by atoms with Crippen molar-refractivity contribution in [3.8, 4) is 17.2 Å². The maximum atomic E-state index is 11.2. The van der Waals surface area contributed by atoms with Gasteiger partial charge in [0.1, 0.15) is 11.5 Å². The van der Waals surface area contributed by atoms with E-state index in [1.54, 1.807) is 14.0 Å². The molecule has 0 aliphatic carbocycles. The first-order valence-corrected chi connectivity index (χ1v) is 8.98. The maximum Gasteiger partial charge on any atom is 0.226 e. The van der Waals surface area contributed by atoms with Gasteiger partial charge in [0.05, 0.1) is 12.8 Å². The summed E-state index contributed by atoms with van der Waals surface area (Å²) in [6, 6.07) is 4.31. The highest BCUT2D eigenvalue weighted by atomic mass is 16.5. The van der Waals surface area contributed by atoms with Crippen molar-refractivity contribution >= 4 is 5.91 Å². The molecule has 26 heavy (non-hydrogen) atoms. The second-order valence-electron chi connectivity index (χ2n) is 7.08. The number of nitrogens with zero attached hydrogens (tertiary/aromatic N) is 2. The summed E-state index contributed by atoms with van der Waals surface area (Å²) in [7, 11) is 1.68. The normalized spacial score (nSPS) is 17.5. The van der Waals surface area contributed by atoms with Crippen LogP contribution in [0.15, 0.2) is 16.5 Å². The van der Waals surface area contributed by atoms with Crippen LogP contribution in [0.4, 0.5) is 0 Å². The van der Waals surface area contributed by atoms with Gasteiger partial charge in [-0.1, -0.05) is 0 Å². The lowest BCUT2D eigenvalue weighted by Gasteiger charge is -2.15. The van der Waals surface area contributed by atoms with Crippen LogP contribution in [0.2, 0.25) is 0 Å². The molecular weight excluding hydrogens is 330 g/mol. The first kappa shape index (κ1) is 18.5. The number of oxazole rings is 1. The molecule has 0 radical (unpaired) electrons. The average molecular weight is 357 g/mol. The Hall–Kier alpha value is -2.34. The Bertz CT molecular complexity index is 813. The molecule has 140 valence electrons. The van der Waals surface area contributed by atoms with E-state index in [9.17, 15) is 4.79 Å². The maximum absolute atomic E-state index is 11.2. The van der Waals surface area contributed by atoms with Crippen molar-refractivity contribution in [3.63, 3.8) is 0 Å². The molecule has 2 aromatic rings. The van der Waals surface area contributed by atoms with E-state index in [1.807, 2.05) is 26.8 Å². The average Bonchev–Trinajstić information content (AvgIpc) is 3.16. The van der Waals surface area contributed by atoms with E-state index in [4.69, 9.17) is 14.1 Å². The van der Waals surface area contributed by atoms with Gasteiger partial charge in [-0.3, -0.25) is 9.69 Å². The summed E-state index contributed by atoms with van der Waals surface area (Å²) < 4.78 is 11.3. The van der Waals surface area contributed by atoms with Gasteiger partial charge in [0.25, 0.3) is 0 Å². The molecule has 6 heteroatoms. The van der Waals surface area contributed by atoms with Gasteiger partial charge in [-0.15, -0.1) is 0 Å². The van der Waals surface area contributed by atoms with Crippen molar-refractivity contribution in [1.82, 2.24) is 15.2 Å². The summed E-state index contributed by atoms with van der Waals surface area (Å²) in [4.78, 5) is 18.3. The van der Waals surface area contributed by atoms with Crippen LogP contribution >= 0.6 is 0 Å². The molecule has 1 aromatic heterocycles. The first-order chi connectivity index (χ1) is 12.4. The van der Waals surface area contributed by atoms with Crippen molar-refractivity contribution in [3.05, 3.63) is 34.7 Å². The minimum atomic E-state index is 0.0297. The number of nitrogens with one attached hydrogen (secondary N) is 1. The number of hydrogen-bond acceptors (Lipinski definition) is 5. The van der Waals surface area contributed by atoms with Gasteiger partial charge in [0.15, 0.2) is 0 Å². The standard InChI is InChI=1S/C20H27N3O3/c1-12-9-19(25-5)13(2)8-17(12)20-22-18(14(3)26-20)11-23-7-6-16(10-23)21-15(4)24/h8-9,16H,6-7,10-11H2,1-5H3,(H,21,24)/t16-/m0/s1. The Morgan fingerprint density at radius 2 is 2.12 bits per heavy atom. The number of aromatic nitrogens is 1. The summed E-state index contributed by atoms with van der Waals surface area (Å²) >= 11 is 0. The van der Waals surface area contributed by atoms with Gasteiger partial charge in [-0.05, 0) is 50.5 Å². The number of hydrogen-bond donors (Lipinski definition) is 1. The van der Waals surface area contributed by atoms with Gasteiger partial charge in [0, 0.05) is 38.2 Å². The largest absolute Gasteiger partial charge is 0.496 e. The molecule has 1 N–H and O–H groups in total. The van der Waals surface area contributed by atoms with Crippen molar-refractivity contribution in [1.29, 1.82) is 0 Å². The molecule has 2 heterocycles. The van der Waals surface area contributed by atoms with Crippen LogP contribution in [0.3, 0.4) is 0 Å². The smallest absolute Gasteiger partial charge is 0.226 e. The minimum Gasteiger partial charge on any atom is -0.496 e. The van der Waals surface area contributed by atoms with Gasteiger partial charge >= 0.3 is 0 Å². The molecule has 1 saturated heterocycles. The number of benzene rings is 1. The zero-order valence-electron chi connectivity index (χ0n) is 16.2. The van der Waals surface area contributed by atoms with Crippen molar-refractivity contribution in [2.45, 2.75) is 46.7 Å². The summed E-state index contributed by atoms with van der Waals surface area (Å²) in [5, 5.41) is 2.99. The molecule has 1 aliphatic rings. The number of carbonyl (C=O) groups is 1. The third-order valence-corrected chi connectivity index (χ3v) is 4.92. The third-order valence-electron chi connectivity index (χ3n) is 4.92. The fraction of sp³-hybridized carbons (Fsp3) is 0.500. The topological polar surface area (TPSA) is 67.6 Å². The molecule has 3 rings (SSSR count). The van der Waals surface area contributed by atoms with Gasteiger partial charge in [-0.25, -0.2) is 4.98 Å². The summed E-state index contributed by atoms with van der Waals surface area (Å²) in [5.41, 5.74) is 4.09. The quantitative estimate of drug-likeness (QED) is 0.891. The number of likely N-dealkylation sites (tertiary alicyclic amines) is 1. The Morgan fingerprint density at radius 3 is 2.81 bits per heavy atom. The summed E-state index contributed by atoms with van der Waals surface area (Å²) in [6.45, 7) is 10.1. The zero-order valence-corrected chi connectivity index (χ0v) is 16.2. The number of ether oxygens (including phenoxy) is 1. The minimum absolute atomic E-state index is 0.0297. The highest BCUT2D eigenvalue weighted by molar-refractivity contribution is 5.73. The third kappa shape index (κ3) is 3.90. The fourth-order valence-electron chi connectivity index (χ4n) is 3.52. The highest BCUT2D eigenvalue weighted by Gasteiger charge is 2.25. The van der Waals surface area contributed by atoms with Gasteiger partial charge in [0.2, 0.25) is 11.8 Å². The van der Waals surface area contributed by atoms with Crippen molar-refractivity contribution < 1.29 is 13.9 Å².